The van der Waals surface area contributed by atoms with E-state index in [2.05, 4.69) is 15.5 Å². The average Bonchev–Trinajstić information content (AvgIpc) is 2.93. The van der Waals surface area contributed by atoms with E-state index in [-0.39, 0.29) is 12.3 Å². The fraction of sp³-hybridized carbons (Fsp3) is 0.471. The second-order valence-electron chi connectivity index (χ2n) is 6.22. The van der Waals surface area contributed by atoms with E-state index >= 15 is 0 Å². The molecule has 2 N–H and O–H groups in total. The molecule has 8 heteroatoms. The van der Waals surface area contributed by atoms with Gasteiger partial charge >= 0.3 is 6.03 Å². The molecule has 1 aromatic rings. The summed E-state index contributed by atoms with van der Waals surface area (Å²) in [6.07, 6.45) is 0.00997. The van der Waals surface area contributed by atoms with E-state index in [1.165, 1.54) is 5.56 Å². The van der Waals surface area contributed by atoms with Gasteiger partial charge in [0.15, 0.2) is 0 Å². The summed E-state index contributed by atoms with van der Waals surface area (Å²) in [5.41, 5.74) is 1.20. The molecule has 2 saturated heterocycles. The van der Waals surface area contributed by atoms with Crippen molar-refractivity contribution in [2.75, 3.05) is 33.3 Å². The van der Waals surface area contributed by atoms with Crippen LogP contribution in [0.4, 0.5) is 4.79 Å². The summed E-state index contributed by atoms with van der Waals surface area (Å²) in [5.74, 6) is 0.296. The molecule has 134 valence electrons. The third kappa shape index (κ3) is 4.27. The van der Waals surface area contributed by atoms with E-state index in [0.717, 1.165) is 25.4 Å². The van der Waals surface area contributed by atoms with Crippen LogP contribution in [0, 0.1) is 0 Å². The smallest absolute Gasteiger partial charge is 0.322 e. The highest BCUT2D eigenvalue weighted by atomic mass is 16.5. The Kier molecular flexibility index (Phi) is 5.18. The van der Waals surface area contributed by atoms with Gasteiger partial charge in [-0.05, 0) is 17.7 Å². The minimum absolute atomic E-state index is 0.00997. The Bertz CT molecular complexity index is 653. The van der Waals surface area contributed by atoms with E-state index in [9.17, 15) is 14.4 Å². The Labute approximate surface area is 146 Å². The van der Waals surface area contributed by atoms with Crippen LogP contribution in [-0.4, -0.2) is 67.0 Å². The first kappa shape index (κ1) is 17.2. The van der Waals surface area contributed by atoms with Crippen molar-refractivity contribution >= 4 is 17.8 Å². The molecule has 0 spiro atoms. The maximum atomic E-state index is 12.3. The van der Waals surface area contributed by atoms with Gasteiger partial charge in [-0.15, -0.1) is 0 Å². The van der Waals surface area contributed by atoms with E-state index in [4.69, 9.17) is 4.74 Å². The number of rotatable bonds is 5. The fourth-order valence-corrected chi connectivity index (χ4v) is 3.05. The predicted octanol–water partition coefficient (Wildman–Crippen LogP) is -0.0625. The highest BCUT2D eigenvalue weighted by molar-refractivity contribution is 6.05. The number of amides is 4. The summed E-state index contributed by atoms with van der Waals surface area (Å²) in [4.78, 5) is 39.0. The predicted molar refractivity (Wildman–Crippen MR) is 89.9 cm³/mol. The lowest BCUT2D eigenvalue weighted by molar-refractivity contribution is -0.135. The number of hydrogen-bond donors (Lipinski definition) is 2. The zero-order chi connectivity index (χ0) is 17.8. The van der Waals surface area contributed by atoms with Crippen molar-refractivity contribution in [3.05, 3.63) is 29.8 Å². The number of nitrogens with zero attached hydrogens (tertiary/aromatic N) is 2. The summed E-state index contributed by atoms with van der Waals surface area (Å²) in [6, 6.07) is 6.67. The standard InChI is InChI=1S/C17H22N4O4/c1-25-13-4-2-12(3-5-13)11-20-6-8-21(9-7-20)15(22)10-14-16(23)19-17(24)18-14/h2-5,14H,6-11H2,1H3,(H2,18,19,23,24). The maximum Gasteiger partial charge on any atom is 0.322 e. The lowest BCUT2D eigenvalue weighted by atomic mass is 10.1. The van der Waals surface area contributed by atoms with Gasteiger partial charge in [0, 0.05) is 32.7 Å². The molecule has 1 unspecified atom stereocenters. The van der Waals surface area contributed by atoms with E-state index in [1.807, 2.05) is 24.3 Å². The molecule has 0 aliphatic carbocycles. The third-order valence-corrected chi connectivity index (χ3v) is 4.53. The number of nitrogens with one attached hydrogen (secondary N) is 2. The van der Waals surface area contributed by atoms with Crippen LogP contribution in [0.5, 0.6) is 5.75 Å². The van der Waals surface area contributed by atoms with Crippen LogP contribution in [0.3, 0.4) is 0 Å². The summed E-state index contributed by atoms with van der Waals surface area (Å²) >= 11 is 0. The van der Waals surface area contributed by atoms with Crippen molar-refractivity contribution in [3.8, 4) is 5.75 Å². The molecule has 1 atom stereocenters. The lowest BCUT2D eigenvalue weighted by Crippen LogP contribution is -2.49. The summed E-state index contributed by atoms with van der Waals surface area (Å²) in [6.45, 7) is 3.63. The molecule has 2 aliphatic rings. The Balaban J connectivity index is 1.45. The van der Waals surface area contributed by atoms with Gasteiger partial charge < -0.3 is 15.0 Å². The van der Waals surface area contributed by atoms with Crippen molar-refractivity contribution in [2.24, 2.45) is 0 Å². The van der Waals surface area contributed by atoms with Gasteiger partial charge in [0.1, 0.15) is 11.8 Å². The van der Waals surface area contributed by atoms with Crippen LogP contribution in [0.15, 0.2) is 24.3 Å². The molecule has 2 fully saturated rings. The molecular formula is C17H22N4O4. The quantitative estimate of drug-likeness (QED) is 0.729. The molecule has 0 saturated carbocycles. The van der Waals surface area contributed by atoms with Gasteiger partial charge in [-0.3, -0.25) is 19.8 Å². The topological polar surface area (TPSA) is 91.0 Å². The van der Waals surface area contributed by atoms with Gasteiger partial charge in [-0.1, -0.05) is 12.1 Å². The van der Waals surface area contributed by atoms with Crippen molar-refractivity contribution in [3.63, 3.8) is 0 Å². The largest absolute Gasteiger partial charge is 0.497 e. The number of benzene rings is 1. The second-order valence-corrected chi connectivity index (χ2v) is 6.22. The first-order valence-electron chi connectivity index (χ1n) is 8.29. The lowest BCUT2D eigenvalue weighted by Gasteiger charge is -2.35. The molecule has 3 rings (SSSR count). The summed E-state index contributed by atoms with van der Waals surface area (Å²) in [7, 11) is 1.64. The number of urea groups is 1. The molecule has 1 aromatic carbocycles. The number of piperazine rings is 1. The van der Waals surface area contributed by atoms with Crippen LogP contribution in [0.2, 0.25) is 0 Å². The third-order valence-electron chi connectivity index (χ3n) is 4.53. The first-order chi connectivity index (χ1) is 12.0. The van der Waals surface area contributed by atoms with Gasteiger partial charge in [0.2, 0.25) is 5.91 Å². The van der Waals surface area contributed by atoms with Crippen molar-refractivity contribution in [1.82, 2.24) is 20.4 Å². The van der Waals surface area contributed by atoms with Gasteiger partial charge in [-0.2, -0.15) is 0 Å². The number of carbonyl (C=O) groups excluding carboxylic acids is 3. The Hall–Kier alpha value is -2.61. The zero-order valence-corrected chi connectivity index (χ0v) is 14.2. The van der Waals surface area contributed by atoms with Crippen LogP contribution < -0.4 is 15.4 Å². The Morgan fingerprint density at radius 3 is 2.40 bits per heavy atom. The molecule has 2 heterocycles. The molecule has 2 aliphatic heterocycles. The first-order valence-corrected chi connectivity index (χ1v) is 8.29. The molecule has 4 amide bonds. The van der Waals surface area contributed by atoms with Crippen LogP contribution in [0.1, 0.15) is 12.0 Å². The van der Waals surface area contributed by atoms with Gasteiger partial charge in [-0.25, -0.2) is 4.79 Å². The van der Waals surface area contributed by atoms with Crippen molar-refractivity contribution in [1.29, 1.82) is 0 Å². The normalized spacial score (nSPS) is 21.0. The van der Waals surface area contributed by atoms with E-state index < -0.39 is 18.0 Å². The molecular weight excluding hydrogens is 324 g/mol. The maximum absolute atomic E-state index is 12.3. The molecule has 0 aromatic heterocycles. The van der Waals surface area contributed by atoms with Crippen LogP contribution in [-0.2, 0) is 16.1 Å². The summed E-state index contributed by atoms with van der Waals surface area (Å²) in [5, 5.41) is 4.60. The molecule has 8 nitrogen and oxygen atoms in total. The number of imide groups is 1. The highest BCUT2D eigenvalue weighted by Crippen LogP contribution is 2.14. The SMILES string of the molecule is COc1ccc(CN2CCN(C(=O)CC3NC(=O)NC3=O)CC2)cc1. The minimum Gasteiger partial charge on any atom is -0.497 e. The number of methoxy groups -OCH3 is 1. The Morgan fingerprint density at radius 2 is 1.84 bits per heavy atom. The van der Waals surface area contributed by atoms with Crippen molar-refractivity contribution in [2.45, 2.75) is 19.0 Å². The average molecular weight is 346 g/mol. The van der Waals surface area contributed by atoms with E-state index in [1.54, 1.807) is 12.0 Å². The molecule has 0 bridgehead atoms. The van der Waals surface area contributed by atoms with E-state index in [0.29, 0.717) is 13.1 Å². The highest BCUT2D eigenvalue weighted by Gasteiger charge is 2.33. The fourth-order valence-electron chi connectivity index (χ4n) is 3.05. The van der Waals surface area contributed by atoms with Crippen molar-refractivity contribution < 1.29 is 19.1 Å². The Morgan fingerprint density at radius 1 is 1.16 bits per heavy atom. The summed E-state index contributed by atoms with van der Waals surface area (Å²) < 4.78 is 5.16. The molecule has 25 heavy (non-hydrogen) atoms. The number of ether oxygens (including phenoxy) is 1. The zero-order valence-electron chi connectivity index (χ0n) is 14.2. The molecule has 0 radical (unpaired) electrons. The number of hydrogen-bond acceptors (Lipinski definition) is 5. The minimum atomic E-state index is -0.752. The second kappa shape index (κ2) is 7.52. The monoisotopic (exact) mass is 346 g/mol. The van der Waals surface area contributed by atoms with Crippen LogP contribution >= 0.6 is 0 Å². The van der Waals surface area contributed by atoms with Gasteiger partial charge in [0.25, 0.3) is 5.91 Å². The van der Waals surface area contributed by atoms with Crippen LogP contribution in [0.25, 0.3) is 0 Å². The number of carbonyl (C=O) groups is 3. The van der Waals surface area contributed by atoms with Gasteiger partial charge in [0.05, 0.1) is 13.5 Å².